The molecule has 0 N–H and O–H groups in total. The van der Waals surface area contributed by atoms with E-state index in [4.69, 9.17) is 14.4 Å². The third-order valence-electron chi connectivity index (χ3n) is 10.0. The van der Waals surface area contributed by atoms with Crippen molar-refractivity contribution in [1.29, 1.82) is 0 Å². The molecule has 10 rings (SSSR count). The molecule has 47 heavy (non-hydrogen) atoms. The van der Waals surface area contributed by atoms with E-state index in [-0.39, 0.29) is 5.41 Å². The van der Waals surface area contributed by atoms with Gasteiger partial charge in [0.1, 0.15) is 11.2 Å². The van der Waals surface area contributed by atoms with Crippen LogP contribution in [0.4, 0.5) is 0 Å². The highest BCUT2D eigenvalue weighted by molar-refractivity contribution is 6.11. The Kier molecular flexibility index (Phi) is 5.31. The molecule has 0 unspecified atom stereocenters. The van der Waals surface area contributed by atoms with Crippen LogP contribution in [0.3, 0.4) is 0 Å². The van der Waals surface area contributed by atoms with Crippen LogP contribution < -0.4 is 0 Å². The molecule has 222 valence electrons. The fraction of sp³-hybridized carbons (Fsp3) is 0.0698. The zero-order chi connectivity index (χ0) is 31.3. The lowest BCUT2D eigenvalue weighted by atomic mass is 9.82. The lowest BCUT2D eigenvalue weighted by Crippen LogP contribution is -2.14. The van der Waals surface area contributed by atoms with Gasteiger partial charge in [0.25, 0.3) is 0 Å². The SMILES string of the molecule is CC1(C)c2ccccc2-c2cc3c(cc21)c1ccccc1n3-c1nc(-c2ccccc2)cc(-c2ccc3oc4ccccc4c3c2)n1. The maximum Gasteiger partial charge on any atom is 0.235 e. The highest BCUT2D eigenvalue weighted by Gasteiger charge is 2.36. The molecule has 6 aromatic carbocycles. The van der Waals surface area contributed by atoms with Crippen LogP contribution in [0.2, 0.25) is 0 Å². The van der Waals surface area contributed by atoms with Gasteiger partial charge in [-0.25, -0.2) is 9.97 Å². The Labute approximate surface area is 271 Å². The van der Waals surface area contributed by atoms with E-state index >= 15 is 0 Å². The zero-order valence-electron chi connectivity index (χ0n) is 26.0. The first-order chi connectivity index (χ1) is 23.0. The quantitative estimate of drug-likeness (QED) is 0.202. The highest BCUT2D eigenvalue weighted by Crippen LogP contribution is 2.51. The lowest BCUT2D eigenvalue weighted by Gasteiger charge is -2.21. The summed E-state index contributed by atoms with van der Waals surface area (Å²) in [6.45, 7) is 4.67. The summed E-state index contributed by atoms with van der Waals surface area (Å²) in [5.41, 5.74) is 12.9. The molecule has 1 aliphatic rings. The number of fused-ring (bicyclic) bond motifs is 9. The van der Waals surface area contributed by atoms with Crippen LogP contribution >= 0.6 is 0 Å². The van der Waals surface area contributed by atoms with Crippen LogP contribution in [0.15, 0.2) is 144 Å². The van der Waals surface area contributed by atoms with Crippen molar-refractivity contribution in [2.24, 2.45) is 0 Å². The predicted molar refractivity (Wildman–Crippen MR) is 192 cm³/mol. The van der Waals surface area contributed by atoms with E-state index in [0.29, 0.717) is 5.95 Å². The van der Waals surface area contributed by atoms with Gasteiger partial charge in [0.05, 0.1) is 22.4 Å². The summed E-state index contributed by atoms with van der Waals surface area (Å²) in [6.07, 6.45) is 0. The van der Waals surface area contributed by atoms with E-state index in [1.54, 1.807) is 0 Å². The van der Waals surface area contributed by atoms with E-state index in [0.717, 1.165) is 55.5 Å². The first-order valence-corrected chi connectivity index (χ1v) is 16.1. The number of hydrogen-bond acceptors (Lipinski definition) is 3. The van der Waals surface area contributed by atoms with Crippen molar-refractivity contribution < 1.29 is 4.42 Å². The minimum Gasteiger partial charge on any atom is -0.456 e. The molecule has 0 amide bonds. The first-order valence-electron chi connectivity index (χ1n) is 16.1. The Hall–Kier alpha value is -6.00. The molecular weight excluding hydrogens is 574 g/mol. The van der Waals surface area contributed by atoms with Gasteiger partial charge in [0.15, 0.2) is 0 Å². The predicted octanol–water partition coefficient (Wildman–Crippen LogP) is 11.1. The maximum absolute atomic E-state index is 6.15. The van der Waals surface area contributed by atoms with Crippen LogP contribution in [-0.4, -0.2) is 14.5 Å². The number of rotatable bonds is 3. The third-order valence-corrected chi connectivity index (χ3v) is 10.0. The molecule has 0 fully saturated rings. The highest BCUT2D eigenvalue weighted by atomic mass is 16.3. The second-order valence-corrected chi connectivity index (χ2v) is 13.1. The fourth-order valence-electron chi connectivity index (χ4n) is 7.70. The molecule has 1 aliphatic carbocycles. The van der Waals surface area contributed by atoms with Gasteiger partial charge in [0.2, 0.25) is 5.95 Å². The summed E-state index contributed by atoms with van der Waals surface area (Å²) < 4.78 is 8.41. The van der Waals surface area contributed by atoms with E-state index in [1.165, 1.54) is 33.0 Å². The maximum atomic E-state index is 6.15. The largest absolute Gasteiger partial charge is 0.456 e. The average molecular weight is 604 g/mol. The van der Waals surface area contributed by atoms with Gasteiger partial charge >= 0.3 is 0 Å². The van der Waals surface area contributed by atoms with Crippen LogP contribution in [0, 0.1) is 0 Å². The topological polar surface area (TPSA) is 43.9 Å². The van der Waals surface area contributed by atoms with E-state index in [1.807, 2.05) is 18.2 Å². The molecule has 3 heterocycles. The number of aromatic nitrogens is 3. The summed E-state index contributed by atoms with van der Waals surface area (Å²) in [6, 6.07) is 49.2. The molecule has 9 aromatic rings. The van der Waals surface area contributed by atoms with Gasteiger partial charge in [-0.05, 0) is 70.8 Å². The molecule has 4 nitrogen and oxygen atoms in total. The van der Waals surface area contributed by atoms with Gasteiger partial charge in [-0.15, -0.1) is 0 Å². The van der Waals surface area contributed by atoms with Crippen molar-refractivity contribution in [3.63, 3.8) is 0 Å². The Morgan fingerprint density at radius 1 is 0.489 bits per heavy atom. The fourth-order valence-corrected chi connectivity index (χ4v) is 7.70. The van der Waals surface area contributed by atoms with Crippen LogP contribution in [0.1, 0.15) is 25.0 Å². The summed E-state index contributed by atoms with van der Waals surface area (Å²) in [7, 11) is 0. The molecule has 0 saturated heterocycles. The van der Waals surface area contributed by atoms with E-state index < -0.39 is 0 Å². The van der Waals surface area contributed by atoms with Crippen molar-refractivity contribution in [3.8, 4) is 39.6 Å². The molecule has 0 radical (unpaired) electrons. The van der Waals surface area contributed by atoms with Gasteiger partial charge in [-0.2, -0.15) is 0 Å². The van der Waals surface area contributed by atoms with Crippen molar-refractivity contribution in [3.05, 3.63) is 151 Å². The number of nitrogens with zero attached hydrogens (tertiary/aromatic N) is 3. The zero-order valence-corrected chi connectivity index (χ0v) is 26.0. The Balaban J connectivity index is 1.27. The van der Waals surface area contributed by atoms with Gasteiger partial charge in [-0.3, -0.25) is 4.57 Å². The Morgan fingerprint density at radius 3 is 2.06 bits per heavy atom. The summed E-state index contributed by atoms with van der Waals surface area (Å²) in [4.78, 5) is 10.6. The first kappa shape index (κ1) is 26.2. The van der Waals surface area contributed by atoms with Crippen LogP contribution in [-0.2, 0) is 5.41 Å². The van der Waals surface area contributed by atoms with Crippen LogP contribution in [0.5, 0.6) is 0 Å². The lowest BCUT2D eigenvalue weighted by molar-refractivity contribution is 0.661. The number of furan rings is 1. The minimum atomic E-state index is -0.0872. The molecular formula is C43H29N3O. The molecule has 0 saturated carbocycles. The molecule has 0 atom stereocenters. The van der Waals surface area contributed by atoms with Gasteiger partial charge < -0.3 is 4.42 Å². The summed E-state index contributed by atoms with van der Waals surface area (Å²) >= 11 is 0. The Morgan fingerprint density at radius 2 is 1.19 bits per heavy atom. The van der Waals surface area contributed by atoms with Crippen LogP contribution in [0.25, 0.3) is 83.3 Å². The van der Waals surface area contributed by atoms with E-state index in [9.17, 15) is 0 Å². The molecule has 0 aliphatic heterocycles. The standard InChI is InChI=1S/C43H29N3O/c1-43(2)34-17-9-6-14-28(34)31-24-39-32(23-35(31)43)29-15-7-10-18-38(29)46(39)42-44-36(26-12-4-3-5-13-26)25-37(45-42)27-20-21-41-33(22-27)30-16-8-11-19-40(30)47-41/h3-25H,1-2H3. The normalized spacial score (nSPS) is 13.5. The van der Waals surface area contributed by atoms with Crippen molar-refractivity contribution in [1.82, 2.24) is 14.5 Å². The van der Waals surface area contributed by atoms with Crippen molar-refractivity contribution in [2.75, 3.05) is 0 Å². The van der Waals surface area contributed by atoms with Gasteiger partial charge in [0, 0.05) is 38.1 Å². The molecule has 3 aromatic heterocycles. The van der Waals surface area contributed by atoms with E-state index in [2.05, 4.69) is 140 Å². The monoisotopic (exact) mass is 603 g/mol. The molecule has 0 spiro atoms. The second-order valence-electron chi connectivity index (χ2n) is 13.1. The van der Waals surface area contributed by atoms with Gasteiger partial charge in [-0.1, -0.05) is 105 Å². The van der Waals surface area contributed by atoms with Crippen molar-refractivity contribution >= 4 is 43.7 Å². The Bertz CT molecular complexity index is 2710. The molecule has 4 heteroatoms. The summed E-state index contributed by atoms with van der Waals surface area (Å²) in [5, 5.41) is 4.58. The molecule has 0 bridgehead atoms. The van der Waals surface area contributed by atoms with Crippen molar-refractivity contribution in [2.45, 2.75) is 19.3 Å². The average Bonchev–Trinajstić information content (AvgIpc) is 3.73. The minimum absolute atomic E-state index is 0.0872. The summed E-state index contributed by atoms with van der Waals surface area (Å²) in [5.74, 6) is 0.648. The number of para-hydroxylation sites is 2. The smallest absolute Gasteiger partial charge is 0.235 e. The second kappa shape index (κ2) is 9.51. The number of hydrogen-bond donors (Lipinski definition) is 0. The number of benzene rings is 6. The third kappa shape index (κ3) is 3.76.